The van der Waals surface area contributed by atoms with Gasteiger partial charge in [-0.3, -0.25) is 14.6 Å². The number of carbonyl (C=O) groups excluding carboxylic acids is 2. The number of hydrogen-bond donors (Lipinski definition) is 0. The van der Waals surface area contributed by atoms with Crippen LogP contribution in [0.3, 0.4) is 0 Å². The van der Waals surface area contributed by atoms with Gasteiger partial charge in [0.25, 0.3) is 0 Å². The highest BCUT2D eigenvalue weighted by Gasteiger charge is 2.16. The first-order valence-corrected chi connectivity index (χ1v) is 11.1. The number of Topliss-reactive ketones (excluding diaryl/α,β-unsaturated/α-hetero) is 1. The number of ketones is 1. The van der Waals surface area contributed by atoms with Gasteiger partial charge in [-0.2, -0.15) is 0 Å². The molecule has 0 atom stereocenters. The molecule has 4 rings (SSSR count). The molecule has 178 valence electrons. The number of nitrogens with zero attached hydrogens (tertiary/aromatic N) is 2. The van der Waals surface area contributed by atoms with Crippen molar-refractivity contribution in [3.63, 3.8) is 0 Å². The van der Waals surface area contributed by atoms with Crippen molar-refractivity contribution in [1.82, 2.24) is 4.98 Å². The number of anilines is 1. The van der Waals surface area contributed by atoms with Crippen molar-refractivity contribution < 1.29 is 23.8 Å². The Bertz CT molecular complexity index is 1340. The average Bonchev–Trinajstić information content (AvgIpc) is 2.89. The van der Waals surface area contributed by atoms with Gasteiger partial charge >= 0.3 is 0 Å². The largest absolute Gasteiger partial charge is 0.493 e. The Morgan fingerprint density at radius 3 is 2.23 bits per heavy atom. The molecule has 0 spiro atoms. The van der Waals surface area contributed by atoms with E-state index in [4.69, 9.17) is 14.2 Å². The average molecular weight is 471 g/mol. The summed E-state index contributed by atoms with van der Waals surface area (Å²) in [6.07, 6.45) is 1.68. The second-order valence-corrected chi connectivity index (χ2v) is 7.96. The number of fused-ring (bicyclic) bond motifs is 1. The molecule has 1 heterocycles. The molecule has 1 amide bonds. The van der Waals surface area contributed by atoms with Gasteiger partial charge < -0.3 is 19.1 Å². The summed E-state index contributed by atoms with van der Waals surface area (Å²) < 4.78 is 16.8. The van der Waals surface area contributed by atoms with Crippen molar-refractivity contribution in [3.8, 4) is 23.0 Å². The number of carbonyl (C=O) groups is 2. The molecule has 3 aromatic carbocycles. The Labute approximate surface area is 203 Å². The molecule has 7 heteroatoms. The Balaban J connectivity index is 1.42. The van der Waals surface area contributed by atoms with E-state index in [1.165, 1.54) is 4.90 Å². The van der Waals surface area contributed by atoms with Crippen LogP contribution in [0.1, 0.15) is 12.0 Å². The van der Waals surface area contributed by atoms with Crippen molar-refractivity contribution in [2.75, 3.05) is 26.2 Å². The summed E-state index contributed by atoms with van der Waals surface area (Å²) >= 11 is 0. The van der Waals surface area contributed by atoms with Gasteiger partial charge in [-0.1, -0.05) is 30.3 Å². The molecule has 0 aliphatic heterocycles. The molecule has 0 saturated heterocycles. The van der Waals surface area contributed by atoms with Crippen LogP contribution in [0.15, 0.2) is 79.0 Å². The maximum atomic E-state index is 12.5. The SMILES string of the molecule is COc1cc2nccc(Oc3ccc(CC(=O)CC(=O)N(C)c4ccccc4)cc3)c2cc1OC. The van der Waals surface area contributed by atoms with Crippen LogP contribution in [-0.2, 0) is 16.0 Å². The summed E-state index contributed by atoms with van der Waals surface area (Å²) in [6, 6.07) is 21.9. The number of methoxy groups -OCH3 is 2. The van der Waals surface area contributed by atoms with Gasteiger partial charge in [-0.25, -0.2) is 0 Å². The molecule has 35 heavy (non-hydrogen) atoms. The molecular weight excluding hydrogens is 444 g/mol. The van der Waals surface area contributed by atoms with Crippen LogP contribution >= 0.6 is 0 Å². The molecule has 0 aliphatic carbocycles. The van der Waals surface area contributed by atoms with Gasteiger partial charge in [0.15, 0.2) is 11.5 Å². The maximum Gasteiger partial charge on any atom is 0.234 e. The predicted octanol–water partition coefficient (Wildman–Crippen LogP) is 5.21. The molecule has 0 aliphatic rings. The minimum absolute atomic E-state index is 0.146. The van der Waals surface area contributed by atoms with E-state index in [9.17, 15) is 9.59 Å². The monoisotopic (exact) mass is 470 g/mol. The van der Waals surface area contributed by atoms with Crippen molar-refractivity contribution >= 4 is 28.3 Å². The minimum atomic E-state index is -0.238. The first kappa shape index (κ1) is 23.8. The van der Waals surface area contributed by atoms with Gasteiger partial charge in [0.05, 0.1) is 26.2 Å². The van der Waals surface area contributed by atoms with Crippen LogP contribution in [0.2, 0.25) is 0 Å². The zero-order valence-corrected chi connectivity index (χ0v) is 19.9. The fraction of sp³-hybridized carbons (Fsp3) is 0.179. The maximum absolute atomic E-state index is 12.5. The molecule has 0 unspecified atom stereocenters. The summed E-state index contributed by atoms with van der Waals surface area (Å²) in [5, 5.41) is 0.783. The predicted molar refractivity (Wildman–Crippen MR) is 135 cm³/mol. The molecule has 0 N–H and O–H groups in total. The van der Waals surface area contributed by atoms with Crippen LogP contribution in [0.4, 0.5) is 5.69 Å². The Kier molecular flexibility index (Phi) is 7.26. The lowest BCUT2D eigenvalue weighted by atomic mass is 10.1. The highest BCUT2D eigenvalue weighted by atomic mass is 16.5. The van der Waals surface area contributed by atoms with Crippen molar-refractivity contribution in [1.29, 1.82) is 0 Å². The highest BCUT2D eigenvalue weighted by molar-refractivity contribution is 6.05. The zero-order chi connectivity index (χ0) is 24.8. The van der Waals surface area contributed by atoms with Crippen LogP contribution in [-0.4, -0.2) is 37.9 Å². The third-order valence-electron chi connectivity index (χ3n) is 5.63. The third kappa shape index (κ3) is 5.58. The first-order valence-electron chi connectivity index (χ1n) is 11.1. The quantitative estimate of drug-likeness (QED) is 0.313. The van der Waals surface area contributed by atoms with Gasteiger partial charge in [-0.15, -0.1) is 0 Å². The van der Waals surface area contributed by atoms with Crippen molar-refractivity contribution in [2.45, 2.75) is 12.8 Å². The number of amides is 1. The molecule has 1 aromatic heterocycles. The van der Waals surface area contributed by atoms with E-state index < -0.39 is 0 Å². The minimum Gasteiger partial charge on any atom is -0.493 e. The topological polar surface area (TPSA) is 78.0 Å². The molecule has 0 radical (unpaired) electrons. The van der Waals surface area contributed by atoms with E-state index in [-0.39, 0.29) is 24.5 Å². The number of rotatable bonds is 9. The Morgan fingerprint density at radius 1 is 0.857 bits per heavy atom. The van der Waals surface area contributed by atoms with Crippen molar-refractivity contribution in [2.24, 2.45) is 0 Å². The second-order valence-electron chi connectivity index (χ2n) is 7.96. The lowest BCUT2D eigenvalue weighted by Crippen LogP contribution is -2.28. The third-order valence-corrected chi connectivity index (χ3v) is 5.63. The van der Waals surface area contributed by atoms with Gasteiger partial charge in [0.2, 0.25) is 5.91 Å². The van der Waals surface area contributed by atoms with Gasteiger partial charge in [0.1, 0.15) is 17.3 Å². The summed E-state index contributed by atoms with van der Waals surface area (Å²) in [5.41, 5.74) is 2.28. The van der Waals surface area contributed by atoms with E-state index in [2.05, 4.69) is 4.98 Å². The molecular formula is C28H26N2O5. The lowest BCUT2D eigenvalue weighted by Gasteiger charge is -2.16. The van der Waals surface area contributed by atoms with E-state index in [1.54, 1.807) is 51.7 Å². The standard InChI is InChI=1S/C28H26N2O5/c1-30(20-7-5-4-6-8-20)28(32)16-21(31)15-19-9-11-22(12-10-19)35-25-13-14-29-24-18-27(34-3)26(33-2)17-23(24)25/h4-14,17-18H,15-16H2,1-3H3. The summed E-state index contributed by atoms with van der Waals surface area (Å²) in [6.45, 7) is 0. The number of para-hydroxylation sites is 1. The molecule has 0 fully saturated rings. The van der Waals surface area contributed by atoms with Crippen LogP contribution in [0.25, 0.3) is 10.9 Å². The Hall–Kier alpha value is -4.39. The first-order chi connectivity index (χ1) is 17.0. The van der Waals surface area contributed by atoms with Crippen molar-refractivity contribution in [3.05, 3.63) is 84.6 Å². The zero-order valence-electron chi connectivity index (χ0n) is 19.9. The van der Waals surface area contributed by atoms with Gasteiger partial charge in [0, 0.05) is 36.8 Å². The van der Waals surface area contributed by atoms with E-state index in [0.717, 1.165) is 16.6 Å². The summed E-state index contributed by atoms with van der Waals surface area (Å²) in [7, 11) is 4.83. The highest BCUT2D eigenvalue weighted by Crippen LogP contribution is 2.36. The number of pyridine rings is 1. The normalized spacial score (nSPS) is 10.6. The fourth-order valence-electron chi connectivity index (χ4n) is 3.71. The molecule has 0 bridgehead atoms. The number of ether oxygens (including phenoxy) is 3. The number of hydrogen-bond acceptors (Lipinski definition) is 6. The smallest absolute Gasteiger partial charge is 0.234 e. The summed E-state index contributed by atoms with van der Waals surface area (Å²) in [5.74, 6) is 2.02. The van der Waals surface area contributed by atoms with E-state index in [1.807, 2.05) is 48.5 Å². The second kappa shape index (κ2) is 10.7. The summed E-state index contributed by atoms with van der Waals surface area (Å²) in [4.78, 5) is 30.8. The number of aromatic nitrogens is 1. The fourth-order valence-corrected chi connectivity index (χ4v) is 3.71. The number of benzene rings is 3. The molecule has 0 saturated carbocycles. The molecule has 4 aromatic rings. The van der Waals surface area contributed by atoms with Gasteiger partial charge in [-0.05, 0) is 42.0 Å². The Morgan fingerprint density at radius 2 is 1.54 bits per heavy atom. The van der Waals surface area contributed by atoms with Crippen LogP contribution in [0.5, 0.6) is 23.0 Å². The van der Waals surface area contributed by atoms with Crippen LogP contribution in [0, 0.1) is 0 Å². The van der Waals surface area contributed by atoms with E-state index in [0.29, 0.717) is 28.5 Å². The van der Waals surface area contributed by atoms with E-state index >= 15 is 0 Å². The molecule has 7 nitrogen and oxygen atoms in total. The lowest BCUT2D eigenvalue weighted by molar-refractivity contribution is -0.126. The van der Waals surface area contributed by atoms with Crippen LogP contribution < -0.4 is 19.1 Å².